The van der Waals surface area contributed by atoms with Gasteiger partial charge in [0.05, 0.1) is 17.9 Å². The lowest BCUT2D eigenvalue weighted by atomic mass is 9.87. The zero-order valence-corrected chi connectivity index (χ0v) is 23.9. The van der Waals surface area contributed by atoms with Crippen LogP contribution in [0.1, 0.15) is 56.7 Å². The average molecular weight is 553 g/mol. The molecule has 1 heterocycles. The van der Waals surface area contributed by atoms with Crippen molar-refractivity contribution in [3.05, 3.63) is 77.2 Å². The van der Waals surface area contributed by atoms with Crippen LogP contribution >= 0.6 is 0 Å². The third-order valence-electron chi connectivity index (χ3n) is 7.71. The van der Waals surface area contributed by atoms with Crippen molar-refractivity contribution in [1.29, 1.82) is 0 Å². The van der Waals surface area contributed by atoms with E-state index in [1.165, 1.54) is 6.07 Å². The maximum atomic E-state index is 14.4. The Morgan fingerprint density at radius 3 is 2.75 bits per heavy atom. The van der Waals surface area contributed by atoms with Crippen LogP contribution in [-0.4, -0.2) is 58.6 Å². The smallest absolute Gasteiger partial charge is 0.242 e. The number of fused-ring (bicyclic) bond motifs is 1. The molecule has 1 unspecified atom stereocenters. The molecule has 1 aliphatic carbocycles. The summed E-state index contributed by atoms with van der Waals surface area (Å²) in [5, 5.41) is 9.93. The number of aromatic nitrogens is 2. The van der Waals surface area contributed by atoms with Crippen LogP contribution in [0.2, 0.25) is 0 Å². The van der Waals surface area contributed by atoms with Gasteiger partial charge in [-0.2, -0.15) is 0 Å². The zero-order valence-electron chi connectivity index (χ0n) is 23.9. The van der Waals surface area contributed by atoms with Crippen LogP contribution in [-0.2, 0) is 24.2 Å². The van der Waals surface area contributed by atoms with Crippen molar-refractivity contribution in [2.75, 3.05) is 31.5 Å². The summed E-state index contributed by atoms with van der Waals surface area (Å²) in [7, 11) is 0. The molecule has 7 nitrogen and oxygen atoms in total. The molecular formula is C31H42F2N6O. The molecule has 4 rings (SSSR count). The third kappa shape index (κ3) is 7.74. The maximum Gasteiger partial charge on any atom is 0.242 e. The van der Waals surface area contributed by atoms with Gasteiger partial charge in [0, 0.05) is 31.7 Å². The van der Waals surface area contributed by atoms with E-state index >= 15 is 0 Å². The number of amides is 1. The quantitative estimate of drug-likeness (QED) is 0.250. The summed E-state index contributed by atoms with van der Waals surface area (Å²) in [6, 6.07) is 10.0. The molecule has 2 atom stereocenters. The number of carbonyl (C=O) groups is 1. The Kier molecular flexibility index (Phi) is 10.8. The number of hydrogen-bond acceptors (Lipinski definition) is 5. The van der Waals surface area contributed by atoms with Crippen molar-refractivity contribution in [3.8, 4) is 5.69 Å². The highest BCUT2D eigenvalue weighted by Gasteiger charge is 2.27. The molecule has 0 spiro atoms. The molecule has 1 amide bonds. The minimum absolute atomic E-state index is 0.0616. The van der Waals surface area contributed by atoms with Crippen molar-refractivity contribution in [1.82, 2.24) is 25.1 Å². The van der Waals surface area contributed by atoms with E-state index < -0.39 is 17.7 Å². The molecule has 3 aromatic rings. The molecule has 9 heteroatoms. The topological polar surface area (TPSA) is 74.2 Å². The van der Waals surface area contributed by atoms with Gasteiger partial charge >= 0.3 is 0 Å². The number of anilines is 1. The SMILES string of the molecule is CCCC(N[C@H]1CCc2cc(F)cc(F)c2C1)C(=O)Nc1cn(-c2ccccc2CNCCN(CC)CC)cn1. The second-order valence-electron chi connectivity index (χ2n) is 10.5. The molecule has 0 saturated carbocycles. The van der Waals surface area contributed by atoms with Crippen molar-refractivity contribution < 1.29 is 13.6 Å². The fourth-order valence-corrected chi connectivity index (χ4v) is 5.44. The van der Waals surface area contributed by atoms with Gasteiger partial charge in [0.15, 0.2) is 5.82 Å². The van der Waals surface area contributed by atoms with Crippen molar-refractivity contribution in [2.24, 2.45) is 0 Å². The van der Waals surface area contributed by atoms with Gasteiger partial charge in [-0.25, -0.2) is 13.8 Å². The zero-order chi connectivity index (χ0) is 28.5. The standard InChI is InChI=1S/C31H42F2N6O/c1-4-9-28(36-25-13-12-22-16-24(32)17-27(33)26(22)18-25)31(40)37-30-20-39(21-35-30)29-11-8-7-10-23(29)19-34-14-15-38(5-2)6-3/h7-8,10-11,16-17,20-21,25,28,34,36H,4-6,9,12-15,18-19H2,1-3H3,(H,37,40)/t25-,28?/m0/s1. The minimum atomic E-state index is -0.542. The number of likely N-dealkylation sites (N-methyl/N-ethyl adjacent to an activating group) is 1. The minimum Gasteiger partial charge on any atom is -0.311 e. The van der Waals surface area contributed by atoms with E-state index in [1.807, 2.05) is 35.9 Å². The van der Waals surface area contributed by atoms with Gasteiger partial charge in [-0.1, -0.05) is 45.4 Å². The Morgan fingerprint density at radius 2 is 1.98 bits per heavy atom. The Balaban J connectivity index is 1.37. The molecule has 3 N–H and O–H groups in total. The van der Waals surface area contributed by atoms with Gasteiger partial charge < -0.3 is 25.4 Å². The number of carbonyl (C=O) groups excluding carboxylic acids is 1. The first-order chi connectivity index (χ1) is 19.4. The fraction of sp³-hybridized carbons (Fsp3) is 0.484. The van der Waals surface area contributed by atoms with E-state index in [1.54, 1.807) is 6.33 Å². The van der Waals surface area contributed by atoms with Crippen LogP contribution in [0.5, 0.6) is 0 Å². The predicted octanol–water partition coefficient (Wildman–Crippen LogP) is 4.84. The second kappa shape index (κ2) is 14.5. The molecule has 0 radical (unpaired) electrons. The van der Waals surface area contributed by atoms with Crippen LogP contribution in [0.4, 0.5) is 14.6 Å². The average Bonchev–Trinajstić information content (AvgIpc) is 3.41. The highest BCUT2D eigenvalue weighted by atomic mass is 19.1. The predicted molar refractivity (Wildman–Crippen MR) is 156 cm³/mol. The molecule has 0 fully saturated rings. The normalized spacial score (nSPS) is 15.7. The first-order valence-electron chi connectivity index (χ1n) is 14.5. The van der Waals surface area contributed by atoms with Gasteiger partial charge in [-0.15, -0.1) is 0 Å². The molecule has 40 heavy (non-hydrogen) atoms. The van der Waals surface area contributed by atoms with Crippen LogP contribution in [0.15, 0.2) is 48.9 Å². The molecular weight excluding hydrogens is 510 g/mol. The lowest BCUT2D eigenvalue weighted by Gasteiger charge is -2.29. The lowest BCUT2D eigenvalue weighted by molar-refractivity contribution is -0.118. The van der Waals surface area contributed by atoms with Gasteiger partial charge in [-0.3, -0.25) is 4.79 Å². The number of nitrogens with zero attached hydrogens (tertiary/aromatic N) is 3. The van der Waals surface area contributed by atoms with Crippen LogP contribution in [0.3, 0.4) is 0 Å². The number of aryl methyl sites for hydroxylation is 1. The molecule has 0 bridgehead atoms. The van der Waals surface area contributed by atoms with Gasteiger partial charge in [-0.05, 0) is 67.6 Å². The van der Waals surface area contributed by atoms with Crippen LogP contribution < -0.4 is 16.0 Å². The Hall–Kier alpha value is -3.14. The largest absolute Gasteiger partial charge is 0.311 e. The number of imidazole rings is 1. The van der Waals surface area contributed by atoms with Gasteiger partial charge in [0.2, 0.25) is 5.91 Å². The van der Waals surface area contributed by atoms with Crippen LogP contribution in [0.25, 0.3) is 5.69 Å². The summed E-state index contributed by atoms with van der Waals surface area (Å²) in [5.41, 5.74) is 3.42. The van der Waals surface area contributed by atoms with Crippen LogP contribution in [0, 0.1) is 11.6 Å². The summed E-state index contributed by atoms with van der Waals surface area (Å²) >= 11 is 0. The number of rotatable bonds is 14. The lowest BCUT2D eigenvalue weighted by Crippen LogP contribution is -2.48. The molecule has 1 aromatic heterocycles. The summed E-state index contributed by atoms with van der Waals surface area (Å²) in [6.07, 6.45) is 6.74. The first-order valence-corrected chi connectivity index (χ1v) is 14.5. The van der Waals surface area contributed by atoms with Crippen molar-refractivity contribution >= 4 is 11.7 Å². The molecule has 216 valence electrons. The van der Waals surface area contributed by atoms with E-state index in [4.69, 9.17) is 0 Å². The molecule has 0 saturated heterocycles. The number of nitrogens with one attached hydrogen (secondary N) is 3. The molecule has 0 aliphatic heterocycles. The third-order valence-corrected chi connectivity index (χ3v) is 7.71. The van der Waals surface area contributed by atoms with E-state index in [9.17, 15) is 13.6 Å². The number of hydrogen-bond donors (Lipinski definition) is 3. The summed E-state index contributed by atoms with van der Waals surface area (Å²) in [6.45, 7) is 11.1. The van der Waals surface area contributed by atoms with E-state index in [2.05, 4.69) is 45.7 Å². The van der Waals surface area contributed by atoms with Gasteiger partial charge in [0.1, 0.15) is 18.0 Å². The summed E-state index contributed by atoms with van der Waals surface area (Å²) < 4.78 is 29.9. The number of para-hydroxylation sites is 1. The van der Waals surface area contributed by atoms with Gasteiger partial charge in [0.25, 0.3) is 0 Å². The van der Waals surface area contributed by atoms with E-state index in [-0.39, 0.29) is 11.9 Å². The molecule has 1 aliphatic rings. The fourth-order valence-electron chi connectivity index (χ4n) is 5.44. The van der Waals surface area contributed by atoms with E-state index in [0.29, 0.717) is 30.6 Å². The Labute approximate surface area is 236 Å². The maximum absolute atomic E-state index is 14.4. The second-order valence-corrected chi connectivity index (χ2v) is 10.5. The highest BCUT2D eigenvalue weighted by molar-refractivity contribution is 5.94. The van der Waals surface area contributed by atoms with Crippen molar-refractivity contribution in [3.63, 3.8) is 0 Å². The number of benzene rings is 2. The number of halogens is 2. The monoisotopic (exact) mass is 552 g/mol. The van der Waals surface area contributed by atoms with E-state index in [0.717, 1.165) is 68.4 Å². The molecule has 2 aromatic carbocycles. The Morgan fingerprint density at radius 1 is 1.18 bits per heavy atom. The highest BCUT2D eigenvalue weighted by Crippen LogP contribution is 2.26. The summed E-state index contributed by atoms with van der Waals surface area (Å²) in [4.78, 5) is 20.1. The first kappa shape index (κ1) is 29.8. The Bertz CT molecular complexity index is 1260. The summed E-state index contributed by atoms with van der Waals surface area (Å²) in [5.74, 6) is -0.737. The van der Waals surface area contributed by atoms with Crippen molar-refractivity contribution in [2.45, 2.75) is 71.5 Å².